The summed E-state index contributed by atoms with van der Waals surface area (Å²) in [5.41, 5.74) is 1.59. The molecule has 138 valence electrons. The Morgan fingerprint density at radius 3 is 2.93 bits per heavy atom. The molecule has 2 fully saturated rings. The zero-order valence-electron chi connectivity index (χ0n) is 14.9. The number of hydrogen-bond donors (Lipinski definition) is 0. The summed E-state index contributed by atoms with van der Waals surface area (Å²) in [6.07, 6.45) is 8.04. The van der Waals surface area contributed by atoms with Gasteiger partial charge in [0, 0.05) is 48.0 Å². The molecule has 0 spiro atoms. The van der Waals surface area contributed by atoms with Crippen LogP contribution in [0.1, 0.15) is 37.4 Å². The molecule has 7 nitrogen and oxygen atoms in total. The maximum absolute atomic E-state index is 12.4. The fourth-order valence-electron chi connectivity index (χ4n) is 3.58. The predicted molar refractivity (Wildman–Crippen MR) is 104 cm³/mol. The molecule has 0 bridgehead atoms. The van der Waals surface area contributed by atoms with Crippen molar-refractivity contribution in [3.8, 4) is 11.3 Å². The molecule has 27 heavy (non-hydrogen) atoms. The third-order valence-electron chi connectivity index (χ3n) is 5.20. The van der Waals surface area contributed by atoms with Crippen molar-refractivity contribution in [2.24, 2.45) is 0 Å². The molecule has 4 heterocycles. The maximum atomic E-state index is 12.4. The van der Waals surface area contributed by atoms with Crippen LogP contribution in [-0.2, 0) is 6.54 Å². The van der Waals surface area contributed by atoms with Crippen LogP contribution in [0.15, 0.2) is 41.5 Å². The molecule has 1 aliphatic carbocycles. The second-order valence-corrected chi connectivity index (χ2v) is 7.91. The first-order valence-corrected chi connectivity index (χ1v) is 10.1. The van der Waals surface area contributed by atoms with E-state index in [1.807, 2.05) is 12.1 Å². The summed E-state index contributed by atoms with van der Waals surface area (Å²) in [4.78, 5) is 23.6. The number of aromatic nitrogens is 5. The summed E-state index contributed by atoms with van der Waals surface area (Å²) >= 11 is 1.48. The van der Waals surface area contributed by atoms with Crippen molar-refractivity contribution in [2.45, 2.75) is 44.2 Å². The molecule has 5 rings (SSSR count). The van der Waals surface area contributed by atoms with Crippen LogP contribution in [0.4, 0.5) is 5.13 Å². The van der Waals surface area contributed by atoms with E-state index in [0.717, 1.165) is 41.6 Å². The molecule has 3 aromatic heterocycles. The van der Waals surface area contributed by atoms with Gasteiger partial charge in [0.25, 0.3) is 5.56 Å². The van der Waals surface area contributed by atoms with Crippen molar-refractivity contribution in [1.29, 1.82) is 0 Å². The van der Waals surface area contributed by atoms with Gasteiger partial charge in [0.05, 0.1) is 18.3 Å². The normalized spacial score (nSPS) is 19.6. The van der Waals surface area contributed by atoms with Gasteiger partial charge in [-0.3, -0.25) is 9.78 Å². The van der Waals surface area contributed by atoms with Crippen molar-refractivity contribution in [3.63, 3.8) is 0 Å². The van der Waals surface area contributed by atoms with Crippen LogP contribution < -0.4 is 10.5 Å². The lowest BCUT2D eigenvalue weighted by Crippen LogP contribution is -2.37. The third kappa shape index (κ3) is 3.37. The predicted octanol–water partition coefficient (Wildman–Crippen LogP) is 2.70. The highest BCUT2D eigenvalue weighted by atomic mass is 32.1. The fourth-order valence-corrected chi connectivity index (χ4v) is 4.42. The largest absolute Gasteiger partial charge is 0.342 e. The molecule has 0 aromatic carbocycles. The smallest absolute Gasteiger partial charge is 0.266 e. The van der Waals surface area contributed by atoms with E-state index >= 15 is 0 Å². The number of pyridine rings is 1. The molecule has 1 saturated heterocycles. The summed E-state index contributed by atoms with van der Waals surface area (Å²) in [5, 5.41) is 5.56. The zero-order valence-corrected chi connectivity index (χ0v) is 15.7. The minimum absolute atomic E-state index is 0.0783. The van der Waals surface area contributed by atoms with Gasteiger partial charge in [0.15, 0.2) is 0 Å². The number of hydrogen-bond acceptors (Lipinski definition) is 7. The van der Waals surface area contributed by atoms with E-state index in [9.17, 15) is 4.79 Å². The van der Waals surface area contributed by atoms with Gasteiger partial charge >= 0.3 is 0 Å². The van der Waals surface area contributed by atoms with Crippen molar-refractivity contribution in [3.05, 3.63) is 52.8 Å². The second-order valence-electron chi connectivity index (χ2n) is 7.18. The highest BCUT2D eigenvalue weighted by Crippen LogP contribution is 2.40. The van der Waals surface area contributed by atoms with Gasteiger partial charge < -0.3 is 4.90 Å². The van der Waals surface area contributed by atoms with Crippen LogP contribution in [0.3, 0.4) is 0 Å². The van der Waals surface area contributed by atoms with Crippen molar-refractivity contribution >= 4 is 16.7 Å². The summed E-state index contributed by atoms with van der Waals surface area (Å²) in [5.74, 6) is 1.56. The fraction of sp³-hybridized carbons (Fsp3) is 0.421. The number of rotatable bonds is 5. The maximum Gasteiger partial charge on any atom is 0.266 e. The molecule has 1 atom stereocenters. The molecule has 8 heteroatoms. The Labute approximate surface area is 160 Å². The Balaban J connectivity index is 1.39. The van der Waals surface area contributed by atoms with Crippen LogP contribution >= 0.6 is 11.5 Å². The van der Waals surface area contributed by atoms with Gasteiger partial charge in [0.2, 0.25) is 5.13 Å². The average Bonchev–Trinajstić information content (AvgIpc) is 3.25. The number of anilines is 1. The van der Waals surface area contributed by atoms with Gasteiger partial charge in [-0.2, -0.15) is 9.47 Å². The Hall–Kier alpha value is -2.61. The van der Waals surface area contributed by atoms with E-state index in [2.05, 4.69) is 19.4 Å². The highest BCUT2D eigenvalue weighted by molar-refractivity contribution is 7.09. The molecule has 2 aliphatic rings. The summed E-state index contributed by atoms with van der Waals surface area (Å²) in [6.45, 7) is 1.52. The summed E-state index contributed by atoms with van der Waals surface area (Å²) in [7, 11) is 0. The van der Waals surface area contributed by atoms with E-state index in [1.54, 1.807) is 29.2 Å². The minimum atomic E-state index is -0.0783. The van der Waals surface area contributed by atoms with Crippen LogP contribution in [0.2, 0.25) is 0 Å². The highest BCUT2D eigenvalue weighted by Gasteiger charge is 2.32. The zero-order chi connectivity index (χ0) is 18.2. The van der Waals surface area contributed by atoms with Gasteiger partial charge in [-0.1, -0.05) is 0 Å². The Kier molecular flexibility index (Phi) is 4.20. The quantitative estimate of drug-likeness (QED) is 0.677. The van der Waals surface area contributed by atoms with Crippen LogP contribution in [0.5, 0.6) is 0 Å². The molecule has 1 unspecified atom stereocenters. The average molecular weight is 380 g/mol. The monoisotopic (exact) mass is 380 g/mol. The van der Waals surface area contributed by atoms with Crippen LogP contribution in [-0.4, -0.2) is 36.7 Å². The summed E-state index contributed by atoms with van der Waals surface area (Å²) in [6, 6.07) is 7.39. The van der Waals surface area contributed by atoms with Gasteiger partial charge in [-0.15, -0.1) is 0 Å². The first-order valence-electron chi connectivity index (χ1n) is 9.37. The molecule has 0 amide bonds. The van der Waals surface area contributed by atoms with E-state index < -0.39 is 0 Å². The molecule has 0 N–H and O–H groups in total. The molecule has 1 aliphatic heterocycles. The van der Waals surface area contributed by atoms with Crippen molar-refractivity contribution < 1.29 is 0 Å². The van der Waals surface area contributed by atoms with E-state index in [4.69, 9.17) is 4.98 Å². The standard InChI is InChI=1S/C19H20N6OS/c26-17-8-7-16(14-3-1-9-20-11-14)22-25(17)12-15-4-2-10-24(15)19-21-18(23-27-19)13-5-6-13/h1,3,7-9,11,13,15H,2,4-6,10,12H2. The Bertz CT molecular complexity index is 997. The Morgan fingerprint density at radius 2 is 2.11 bits per heavy atom. The van der Waals surface area contributed by atoms with E-state index in [0.29, 0.717) is 12.5 Å². The molecule has 1 saturated carbocycles. The van der Waals surface area contributed by atoms with E-state index in [-0.39, 0.29) is 11.6 Å². The van der Waals surface area contributed by atoms with Crippen molar-refractivity contribution in [2.75, 3.05) is 11.4 Å². The van der Waals surface area contributed by atoms with Gasteiger partial charge in [-0.25, -0.2) is 9.67 Å². The molecular formula is C19H20N6OS. The third-order valence-corrected chi connectivity index (χ3v) is 5.97. The molecular weight excluding hydrogens is 360 g/mol. The first kappa shape index (κ1) is 16.6. The topological polar surface area (TPSA) is 76.8 Å². The lowest BCUT2D eigenvalue weighted by molar-refractivity contribution is 0.490. The number of nitrogens with zero attached hydrogens (tertiary/aromatic N) is 6. The van der Waals surface area contributed by atoms with Crippen LogP contribution in [0.25, 0.3) is 11.3 Å². The molecule has 3 aromatic rings. The lowest BCUT2D eigenvalue weighted by Gasteiger charge is -2.23. The second kappa shape index (κ2) is 6.84. The minimum Gasteiger partial charge on any atom is -0.342 e. The SMILES string of the molecule is O=c1ccc(-c2cccnc2)nn1CC1CCCN1c1nc(C2CC2)ns1. The van der Waals surface area contributed by atoms with Crippen molar-refractivity contribution in [1.82, 2.24) is 24.1 Å². The first-order chi connectivity index (χ1) is 13.3. The summed E-state index contributed by atoms with van der Waals surface area (Å²) < 4.78 is 6.11. The van der Waals surface area contributed by atoms with E-state index in [1.165, 1.54) is 24.4 Å². The Morgan fingerprint density at radius 1 is 1.19 bits per heavy atom. The van der Waals surface area contributed by atoms with Crippen LogP contribution in [0, 0.1) is 0 Å². The van der Waals surface area contributed by atoms with Gasteiger partial charge in [-0.05, 0) is 43.9 Å². The molecule has 0 radical (unpaired) electrons. The van der Waals surface area contributed by atoms with Gasteiger partial charge in [0.1, 0.15) is 5.82 Å². The lowest BCUT2D eigenvalue weighted by atomic mass is 10.2.